The lowest BCUT2D eigenvalue weighted by Gasteiger charge is -2.28. The summed E-state index contributed by atoms with van der Waals surface area (Å²) >= 11 is 0. The standard InChI is InChI=1S/C24H28N2O2/c1-3-18-5-4-6-20-22(16-25-24(18)20)21(19-9-7-17(2)8-10-19)15-23(27)26-11-13-28-14-12-26/h4-10,16,21,25H,3,11-15H2,1-2H3/t21-/m1/s1. The Kier molecular flexibility index (Phi) is 5.49. The quantitative estimate of drug-likeness (QED) is 0.716. The summed E-state index contributed by atoms with van der Waals surface area (Å²) in [7, 11) is 0. The van der Waals surface area contributed by atoms with E-state index >= 15 is 0 Å². The second kappa shape index (κ2) is 8.19. The highest BCUT2D eigenvalue weighted by molar-refractivity contribution is 5.88. The molecule has 0 spiro atoms. The van der Waals surface area contributed by atoms with Gasteiger partial charge in [-0.05, 0) is 30.0 Å². The van der Waals surface area contributed by atoms with Crippen molar-refractivity contribution in [3.05, 3.63) is 70.9 Å². The number of para-hydroxylation sites is 1. The van der Waals surface area contributed by atoms with E-state index in [1.807, 2.05) is 4.90 Å². The summed E-state index contributed by atoms with van der Waals surface area (Å²) in [6, 6.07) is 15.0. The number of morpholine rings is 1. The molecule has 1 aliphatic heterocycles. The van der Waals surface area contributed by atoms with Gasteiger partial charge in [0, 0.05) is 42.5 Å². The summed E-state index contributed by atoms with van der Waals surface area (Å²) in [5, 5.41) is 1.22. The molecule has 4 rings (SSSR count). The van der Waals surface area contributed by atoms with Crippen LogP contribution in [0.15, 0.2) is 48.7 Å². The lowest BCUT2D eigenvalue weighted by molar-refractivity contribution is -0.135. The van der Waals surface area contributed by atoms with Gasteiger partial charge in [0.2, 0.25) is 5.91 Å². The predicted octanol–water partition coefficient (Wildman–Crippen LogP) is 4.42. The molecule has 3 aromatic rings. The monoisotopic (exact) mass is 376 g/mol. The van der Waals surface area contributed by atoms with Gasteiger partial charge in [-0.2, -0.15) is 0 Å². The number of benzene rings is 2. The highest BCUT2D eigenvalue weighted by Crippen LogP contribution is 2.35. The first-order chi connectivity index (χ1) is 13.7. The number of ether oxygens (including phenoxy) is 1. The maximum Gasteiger partial charge on any atom is 0.223 e. The zero-order valence-electron chi connectivity index (χ0n) is 16.7. The van der Waals surface area contributed by atoms with Crippen LogP contribution in [-0.4, -0.2) is 42.1 Å². The van der Waals surface area contributed by atoms with E-state index in [1.165, 1.54) is 33.2 Å². The molecule has 1 aliphatic rings. The first kappa shape index (κ1) is 18.8. The van der Waals surface area contributed by atoms with Crippen molar-refractivity contribution in [1.82, 2.24) is 9.88 Å². The molecule has 1 fully saturated rings. The minimum Gasteiger partial charge on any atom is -0.378 e. The number of aromatic amines is 1. The van der Waals surface area contributed by atoms with Gasteiger partial charge in [0.25, 0.3) is 0 Å². The number of fused-ring (bicyclic) bond motifs is 1. The van der Waals surface area contributed by atoms with E-state index in [0.29, 0.717) is 32.7 Å². The van der Waals surface area contributed by atoms with Crippen molar-refractivity contribution in [2.24, 2.45) is 0 Å². The molecule has 0 radical (unpaired) electrons. The minimum atomic E-state index is 0.0387. The van der Waals surface area contributed by atoms with E-state index in [9.17, 15) is 4.79 Å². The number of nitrogens with zero attached hydrogens (tertiary/aromatic N) is 1. The second-order valence-electron chi connectivity index (χ2n) is 7.60. The maximum absolute atomic E-state index is 13.1. The van der Waals surface area contributed by atoms with E-state index in [0.717, 1.165) is 6.42 Å². The van der Waals surface area contributed by atoms with E-state index < -0.39 is 0 Å². The Bertz CT molecular complexity index is 952. The van der Waals surface area contributed by atoms with Crippen molar-refractivity contribution in [1.29, 1.82) is 0 Å². The van der Waals surface area contributed by atoms with E-state index in [-0.39, 0.29) is 11.8 Å². The second-order valence-corrected chi connectivity index (χ2v) is 7.60. The largest absolute Gasteiger partial charge is 0.378 e. The third-order valence-corrected chi connectivity index (χ3v) is 5.81. The lowest BCUT2D eigenvalue weighted by atomic mass is 9.87. The number of hydrogen-bond donors (Lipinski definition) is 1. The summed E-state index contributed by atoms with van der Waals surface area (Å²) in [6.45, 7) is 6.91. The Hall–Kier alpha value is -2.59. The number of aryl methyl sites for hydroxylation is 2. The molecule has 2 aromatic carbocycles. The van der Waals surface area contributed by atoms with Crippen LogP contribution in [0.2, 0.25) is 0 Å². The van der Waals surface area contributed by atoms with Crippen LogP contribution in [-0.2, 0) is 16.0 Å². The summed E-state index contributed by atoms with van der Waals surface area (Å²) in [4.78, 5) is 18.5. The highest BCUT2D eigenvalue weighted by Gasteiger charge is 2.25. The molecule has 1 N–H and O–H groups in total. The topological polar surface area (TPSA) is 45.3 Å². The van der Waals surface area contributed by atoms with E-state index in [1.54, 1.807) is 0 Å². The van der Waals surface area contributed by atoms with Gasteiger partial charge in [0.05, 0.1) is 13.2 Å². The number of aromatic nitrogens is 1. The maximum atomic E-state index is 13.1. The molecular formula is C24H28N2O2. The molecule has 28 heavy (non-hydrogen) atoms. The molecule has 2 heterocycles. The first-order valence-corrected chi connectivity index (χ1v) is 10.2. The Morgan fingerprint density at radius 2 is 1.89 bits per heavy atom. The van der Waals surface area contributed by atoms with Crippen LogP contribution >= 0.6 is 0 Å². The van der Waals surface area contributed by atoms with E-state index in [2.05, 4.69) is 67.5 Å². The number of carbonyl (C=O) groups is 1. The molecule has 4 heteroatoms. The molecule has 4 nitrogen and oxygen atoms in total. The number of carbonyl (C=O) groups excluding carboxylic acids is 1. The van der Waals surface area contributed by atoms with Crippen molar-refractivity contribution >= 4 is 16.8 Å². The average Bonchev–Trinajstić information content (AvgIpc) is 3.17. The molecule has 0 unspecified atom stereocenters. The Morgan fingerprint density at radius 3 is 2.61 bits per heavy atom. The smallest absolute Gasteiger partial charge is 0.223 e. The van der Waals surface area contributed by atoms with Crippen molar-refractivity contribution in [2.45, 2.75) is 32.6 Å². The molecule has 146 valence electrons. The van der Waals surface area contributed by atoms with Crippen LogP contribution in [0.25, 0.3) is 10.9 Å². The molecule has 1 amide bonds. The van der Waals surface area contributed by atoms with Gasteiger partial charge in [-0.3, -0.25) is 4.79 Å². The molecule has 1 aromatic heterocycles. The Balaban J connectivity index is 1.73. The zero-order chi connectivity index (χ0) is 19.5. The van der Waals surface area contributed by atoms with Crippen LogP contribution in [0.4, 0.5) is 0 Å². The fourth-order valence-electron chi connectivity index (χ4n) is 4.14. The SMILES string of the molecule is CCc1cccc2c([C@H](CC(=O)N3CCOCC3)c3ccc(C)cc3)c[nH]c12. The third kappa shape index (κ3) is 3.69. The average molecular weight is 376 g/mol. The lowest BCUT2D eigenvalue weighted by Crippen LogP contribution is -2.41. The van der Waals surface area contributed by atoms with Crippen LogP contribution in [0.1, 0.15) is 41.5 Å². The number of rotatable bonds is 5. The number of H-pyrrole nitrogens is 1. The highest BCUT2D eigenvalue weighted by atomic mass is 16.5. The normalized spacial score (nSPS) is 15.7. The fraction of sp³-hybridized carbons (Fsp3) is 0.375. The molecule has 0 aliphatic carbocycles. The van der Waals surface area contributed by atoms with Gasteiger partial charge < -0.3 is 14.6 Å². The molecule has 1 saturated heterocycles. The van der Waals surface area contributed by atoms with Crippen LogP contribution in [0, 0.1) is 6.92 Å². The van der Waals surface area contributed by atoms with Gasteiger partial charge >= 0.3 is 0 Å². The van der Waals surface area contributed by atoms with Gasteiger partial charge in [-0.1, -0.05) is 55.0 Å². The number of amides is 1. The van der Waals surface area contributed by atoms with Crippen molar-refractivity contribution < 1.29 is 9.53 Å². The fourth-order valence-corrected chi connectivity index (χ4v) is 4.14. The van der Waals surface area contributed by atoms with Crippen molar-refractivity contribution in [3.8, 4) is 0 Å². The van der Waals surface area contributed by atoms with Crippen LogP contribution in [0.3, 0.4) is 0 Å². The predicted molar refractivity (Wildman–Crippen MR) is 113 cm³/mol. The Morgan fingerprint density at radius 1 is 1.14 bits per heavy atom. The van der Waals surface area contributed by atoms with Gasteiger partial charge in [0.1, 0.15) is 0 Å². The zero-order valence-corrected chi connectivity index (χ0v) is 16.7. The number of nitrogens with one attached hydrogen (secondary N) is 1. The number of hydrogen-bond acceptors (Lipinski definition) is 2. The van der Waals surface area contributed by atoms with E-state index in [4.69, 9.17) is 4.74 Å². The summed E-state index contributed by atoms with van der Waals surface area (Å²) in [6.07, 6.45) is 3.56. The molecule has 0 bridgehead atoms. The molecular weight excluding hydrogens is 348 g/mol. The van der Waals surface area contributed by atoms with Gasteiger partial charge in [0.15, 0.2) is 0 Å². The minimum absolute atomic E-state index is 0.0387. The summed E-state index contributed by atoms with van der Waals surface area (Å²) < 4.78 is 5.41. The summed E-state index contributed by atoms with van der Waals surface area (Å²) in [5.41, 5.74) is 6.13. The van der Waals surface area contributed by atoms with Crippen LogP contribution < -0.4 is 0 Å². The Labute approximate surface area is 166 Å². The van der Waals surface area contributed by atoms with Crippen molar-refractivity contribution in [2.75, 3.05) is 26.3 Å². The van der Waals surface area contributed by atoms with Crippen molar-refractivity contribution in [3.63, 3.8) is 0 Å². The molecule has 0 saturated carbocycles. The van der Waals surface area contributed by atoms with Gasteiger partial charge in [-0.15, -0.1) is 0 Å². The molecule has 1 atom stereocenters. The summed E-state index contributed by atoms with van der Waals surface area (Å²) in [5.74, 6) is 0.242. The van der Waals surface area contributed by atoms with Gasteiger partial charge in [-0.25, -0.2) is 0 Å². The third-order valence-electron chi connectivity index (χ3n) is 5.81. The first-order valence-electron chi connectivity index (χ1n) is 10.2. The van der Waals surface area contributed by atoms with Crippen LogP contribution in [0.5, 0.6) is 0 Å².